The second kappa shape index (κ2) is 9.44. The zero-order valence-electron chi connectivity index (χ0n) is 19.0. The van der Waals surface area contributed by atoms with Crippen molar-refractivity contribution in [2.75, 3.05) is 26.6 Å². The molecule has 0 aromatic heterocycles. The highest BCUT2D eigenvalue weighted by Crippen LogP contribution is 2.48. The van der Waals surface area contributed by atoms with Crippen molar-refractivity contribution < 1.29 is 28.9 Å². The molecule has 0 amide bonds. The first-order valence-corrected chi connectivity index (χ1v) is 10.3. The van der Waals surface area contributed by atoms with Crippen molar-refractivity contribution in [2.24, 2.45) is 5.92 Å². The number of carbonyl (C=O) groups excluding carboxylic acids is 2. The zero-order valence-corrected chi connectivity index (χ0v) is 19.0. The molecule has 32 heavy (non-hydrogen) atoms. The van der Waals surface area contributed by atoms with Crippen molar-refractivity contribution in [3.05, 3.63) is 70.9 Å². The van der Waals surface area contributed by atoms with Crippen LogP contribution in [0.1, 0.15) is 30.4 Å². The Balaban J connectivity index is 2.25. The van der Waals surface area contributed by atoms with Gasteiger partial charge in [-0.3, -0.25) is 4.79 Å². The van der Waals surface area contributed by atoms with Crippen LogP contribution in [0, 0.1) is 12.8 Å². The van der Waals surface area contributed by atoms with Gasteiger partial charge in [-0.1, -0.05) is 29.8 Å². The van der Waals surface area contributed by atoms with Gasteiger partial charge in [0.25, 0.3) is 0 Å². The van der Waals surface area contributed by atoms with Crippen molar-refractivity contribution in [1.82, 2.24) is 0 Å². The summed E-state index contributed by atoms with van der Waals surface area (Å²) in [4.78, 5) is 25.9. The Morgan fingerprint density at radius 3 is 2.34 bits per heavy atom. The second-order valence-corrected chi connectivity index (χ2v) is 8.16. The van der Waals surface area contributed by atoms with Crippen LogP contribution in [-0.4, -0.2) is 44.0 Å². The fourth-order valence-corrected chi connectivity index (χ4v) is 4.27. The number of carbonyl (C=O) groups is 2. The summed E-state index contributed by atoms with van der Waals surface area (Å²) in [6, 6.07) is 14.7. The van der Waals surface area contributed by atoms with Crippen LogP contribution in [0.25, 0.3) is 0 Å². The first-order chi connectivity index (χ1) is 15.2. The van der Waals surface area contributed by atoms with Gasteiger partial charge in [0.05, 0.1) is 38.4 Å². The Kier molecular flexibility index (Phi) is 6.89. The van der Waals surface area contributed by atoms with Gasteiger partial charge in [0, 0.05) is 23.7 Å². The number of hydrogen-bond acceptors (Lipinski definition) is 7. The molecule has 7 heteroatoms. The maximum atomic E-state index is 13.0. The van der Waals surface area contributed by atoms with E-state index in [2.05, 4.69) is 5.32 Å². The molecule has 0 saturated carbocycles. The van der Waals surface area contributed by atoms with Crippen molar-refractivity contribution in [1.29, 1.82) is 0 Å². The quantitative estimate of drug-likeness (QED) is 0.665. The topological polar surface area (TPSA) is 94.1 Å². The van der Waals surface area contributed by atoms with Gasteiger partial charge in [0.1, 0.15) is 5.75 Å². The van der Waals surface area contributed by atoms with E-state index < -0.39 is 29.4 Å². The van der Waals surface area contributed by atoms with Crippen LogP contribution in [0.2, 0.25) is 0 Å². The van der Waals surface area contributed by atoms with Gasteiger partial charge in [-0.15, -0.1) is 0 Å². The molecule has 0 unspecified atom stereocenters. The number of esters is 2. The fourth-order valence-electron chi connectivity index (χ4n) is 4.27. The van der Waals surface area contributed by atoms with E-state index in [9.17, 15) is 14.7 Å². The van der Waals surface area contributed by atoms with E-state index in [0.717, 1.165) is 11.3 Å². The summed E-state index contributed by atoms with van der Waals surface area (Å²) in [6.45, 7) is 3.56. The minimum Gasteiger partial charge on any atom is -0.497 e. The first kappa shape index (κ1) is 23.3. The fraction of sp³-hybridized carbons (Fsp3) is 0.360. The third-order valence-electron chi connectivity index (χ3n) is 5.83. The minimum atomic E-state index is -1.49. The van der Waals surface area contributed by atoms with Crippen LogP contribution >= 0.6 is 0 Å². The highest BCUT2D eigenvalue weighted by molar-refractivity contribution is 5.94. The molecule has 7 nitrogen and oxygen atoms in total. The summed E-state index contributed by atoms with van der Waals surface area (Å²) in [7, 11) is 4.10. The smallest absolute Gasteiger partial charge is 0.336 e. The van der Waals surface area contributed by atoms with Crippen molar-refractivity contribution in [2.45, 2.75) is 31.8 Å². The van der Waals surface area contributed by atoms with Crippen LogP contribution in [0.5, 0.6) is 5.75 Å². The van der Waals surface area contributed by atoms with E-state index in [0.29, 0.717) is 17.0 Å². The lowest BCUT2D eigenvalue weighted by atomic mass is 9.65. The number of nitrogens with one attached hydrogen (secondary N) is 1. The number of ether oxygens (including phenoxy) is 3. The SMILES string of the molecule is COC(=O)C1=C(Nc2ccc(C)cc2)C[C@@](C)(O)[C@H](C(=O)OC)[C@@H]1c1cccc(OC)c1. The molecular weight excluding hydrogens is 410 g/mol. The zero-order chi connectivity index (χ0) is 23.5. The number of rotatable bonds is 6. The molecule has 170 valence electrons. The van der Waals surface area contributed by atoms with E-state index in [1.807, 2.05) is 31.2 Å². The number of aryl methyl sites for hydroxylation is 1. The molecule has 2 aromatic carbocycles. The van der Waals surface area contributed by atoms with E-state index >= 15 is 0 Å². The van der Waals surface area contributed by atoms with Crippen molar-refractivity contribution in [3.63, 3.8) is 0 Å². The van der Waals surface area contributed by atoms with Gasteiger partial charge in [0.2, 0.25) is 0 Å². The first-order valence-electron chi connectivity index (χ1n) is 10.3. The van der Waals surface area contributed by atoms with Crippen LogP contribution in [-0.2, 0) is 19.1 Å². The molecule has 2 aromatic rings. The number of methoxy groups -OCH3 is 3. The van der Waals surface area contributed by atoms with E-state index in [1.54, 1.807) is 31.2 Å². The third kappa shape index (κ3) is 4.62. The molecular formula is C25H29NO6. The summed E-state index contributed by atoms with van der Waals surface area (Å²) in [6.07, 6.45) is 0.0333. The summed E-state index contributed by atoms with van der Waals surface area (Å²) in [5, 5.41) is 14.7. The number of anilines is 1. The predicted octanol–water partition coefficient (Wildman–Crippen LogP) is 3.57. The molecule has 0 aliphatic heterocycles. The van der Waals surface area contributed by atoms with Gasteiger partial charge in [-0.2, -0.15) is 0 Å². The third-order valence-corrected chi connectivity index (χ3v) is 5.83. The summed E-state index contributed by atoms with van der Waals surface area (Å²) < 4.78 is 15.5. The van der Waals surface area contributed by atoms with E-state index in [1.165, 1.54) is 21.3 Å². The standard InChI is InChI=1S/C25H29NO6/c1-15-9-11-17(12-10-15)26-19-14-25(2,29)22(24(28)32-5)20(21(19)23(27)31-4)16-7-6-8-18(13-16)30-3/h6-13,20,22,26,29H,14H2,1-5H3/t20-,22+,25-/m1/s1. The highest BCUT2D eigenvalue weighted by Gasteiger charge is 2.52. The monoisotopic (exact) mass is 439 g/mol. The van der Waals surface area contributed by atoms with Crippen LogP contribution in [0.4, 0.5) is 5.69 Å². The average Bonchev–Trinajstić information content (AvgIpc) is 2.78. The molecule has 1 aliphatic rings. The van der Waals surface area contributed by atoms with Gasteiger partial charge in [-0.25, -0.2) is 4.79 Å². The van der Waals surface area contributed by atoms with Gasteiger partial charge in [-0.05, 0) is 43.7 Å². The lowest BCUT2D eigenvalue weighted by Gasteiger charge is -2.42. The maximum Gasteiger partial charge on any atom is 0.336 e. The van der Waals surface area contributed by atoms with Gasteiger partial charge < -0.3 is 24.6 Å². The lowest BCUT2D eigenvalue weighted by molar-refractivity contribution is -0.157. The summed E-state index contributed by atoms with van der Waals surface area (Å²) >= 11 is 0. The summed E-state index contributed by atoms with van der Waals surface area (Å²) in [5.74, 6) is -2.48. The van der Waals surface area contributed by atoms with Crippen molar-refractivity contribution in [3.8, 4) is 5.75 Å². The minimum absolute atomic E-state index is 0.0333. The van der Waals surface area contributed by atoms with Crippen LogP contribution in [0.3, 0.4) is 0 Å². The normalized spacial score (nSPS) is 22.8. The Labute approximate surface area is 188 Å². The van der Waals surface area contributed by atoms with E-state index in [4.69, 9.17) is 14.2 Å². The lowest BCUT2D eigenvalue weighted by Crippen LogP contribution is -2.49. The molecule has 0 heterocycles. The summed E-state index contributed by atoms with van der Waals surface area (Å²) in [5.41, 5.74) is 1.73. The Bertz CT molecular complexity index is 1020. The molecule has 2 N–H and O–H groups in total. The van der Waals surface area contributed by atoms with Crippen LogP contribution in [0.15, 0.2) is 59.8 Å². The Morgan fingerprint density at radius 2 is 1.75 bits per heavy atom. The largest absolute Gasteiger partial charge is 0.497 e. The number of hydrogen-bond donors (Lipinski definition) is 2. The van der Waals surface area contributed by atoms with E-state index in [-0.39, 0.29) is 12.0 Å². The molecule has 0 spiro atoms. The maximum absolute atomic E-state index is 13.0. The molecule has 0 bridgehead atoms. The second-order valence-electron chi connectivity index (χ2n) is 8.16. The molecule has 0 fully saturated rings. The Hall–Kier alpha value is -3.32. The predicted molar refractivity (Wildman–Crippen MR) is 120 cm³/mol. The molecule has 1 aliphatic carbocycles. The highest BCUT2D eigenvalue weighted by atomic mass is 16.5. The molecule has 0 saturated heterocycles. The van der Waals surface area contributed by atoms with Crippen molar-refractivity contribution >= 4 is 17.6 Å². The molecule has 3 atom stereocenters. The molecule has 3 rings (SSSR count). The number of aliphatic hydroxyl groups is 1. The number of benzene rings is 2. The van der Waals surface area contributed by atoms with Gasteiger partial charge >= 0.3 is 11.9 Å². The molecule has 0 radical (unpaired) electrons. The van der Waals surface area contributed by atoms with Gasteiger partial charge in [0.15, 0.2) is 0 Å². The Morgan fingerprint density at radius 1 is 1.06 bits per heavy atom. The van der Waals surface area contributed by atoms with Crippen LogP contribution < -0.4 is 10.1 Å². The average molecular weight is 440 g/mol.